The molecule has 0 amide bonds. The molecule has 1 unspecified atom stereocenters. The zero-order valence-electron chi connectivity index (χ0n) is 8.66. The van der Waals surface area contributed by atoms with Gasteiger partial charge >= 0.3 is 12.0 Å². The van der Waals surface area contributed by atoms with E-state index in [0.29, 0.717) is 20.0 Å². The van der Waals surface area contributed by atoms with E-state index in [2.05, 4.69) is 4.74 Å². The number of ketones is 1. The molecule has 0 saturated carbocycles. The Kier molecular flexibility index (Phi) is 5.20. The molecular weight excluding hydrogens is 216 g/mol. The molecule has 15 heavy (non-hydrogen) atoms. The van der Waals surface area contributed by atoms with E-state index >= 15 is 0 Å². The summed E-state index contributed by atoms with van der Waals surface area (Å²) in [5.41, 5.74) is 0. The van der Waals surface area contributed by atoms with Crippen LogP contribution in [0.5, 0.6) is 0 Å². The van der Waals surface area contributed by atoms with Gasteiger partial charge in [0.1, 0.15) is 5.78 Å². The monoisotopic (exact) mass is 230 g/mol. The highest BCUT2D eigenvalue weighted by Gasteiger charge is 2.57. The van der Waals surface area contributed by atoms with Gasteiger partial charge in [-0.15, -0.1) is 0 Å². The Morgan fingerprint density at radius 3 is 2.13 bits per heavy atom. The molecule has 0 radical (unpaired) electrons. The lowest BCUT2D eigenvalue weighted by atomic mass is 10.1. The average Bonchev–Trinajstić information content (AvgIpc) is 2.12. The molecule has 0 saturated heterocycles. The third kappa shape index (κ3) is 4.15. The van der Waals surface area contributed by atoms with Crippen LogP contribution in [-0.2, 0) is 9.53 Å². The van der Waals surface area contributed by atoms with E-state index in [4.69, 9.17) is 0 Å². The second-order valence-corrected chi connectivity index (χ2v) is 3.25. The molecule has 0 aliphatic carbocycles. The Morgan fingerprint density at radius 1 is 1.27 bits per heavy atom. The number of alkyl halides is 4. The molecule has 2 nitrogen and oxygen atoms in total. The van der Waals surface area contributed by atoms with Crippen LogP contribution >= 0.6 is 0 Å². The molecule has 90 valence electrons. The highest BCUT2D eigenvalue weighted by molar-refractivity contribution is 5.79. The van der Waals surface area contributed by atoms with E-state index in [1.54, 1.807) is 6.92 Å². The number of Topliss-reactive ketones (excluding diaryl/α,β-unsaturated/α-hetero) is 1. The zero-order chi connectivity index (χ0) is 12.1. The van der Waals surface area contributed by atoms with Crippen molar-refractivity contribution in [1.29, 1.82) is 0 Å². The Balaban J connectivity index is 4.38. The van der Waals surface area contributed by atoms with Gasteiger partial charge in [0, 0.05) is 13.5 Å². The molecule has 0 aliphatic heterocycles. The first-order valence-corrected chi connectivity index (χ1v) is 4.59. The standard InChI is InChI=1S/C9H14F4O2/c1-3-4-5-7(14)6-8(10,15-2)9(11,12)13/h3-6H2,1-2H3. The fourth-order valence-electron chi connectivity index (χ4n) is 1.00. The minimum atomic E-state index is -5.18. The molecule has 0 N–H and O–H groups in total. The van der Waals surface area contributed by atoms with Crippen LogP contribution in [0, 0.1) is 0 Å². The minimum absolute atomic E-state index is 0.0540. The second-order valence-electron chi connectivity index (χ2n) is 3.25. The van der Waals surface area contributed by atoms with E-state index in [1.807, 2.05) is 0 Å². The minimum Gasteiger partial charge on any atom is -0.342 e. The van der Waals surface area contributed by atoms with Crippen molar-refractivity contribution in [2.24, 2.45) is 0 Å². The van der Waals surface area contributed by atoms with Gasteiger partial charge in [0.2, 0.25) is 0 Å². The van der Waals surface area contributed by atoms with Gasteiger partial charge in [-0.3, -0.25) is 4.79 Å². The summed E-state index contributed by atoms with van der Waals surface area (Å²) in [5.74, 6) is -4.63. The number of hydrogen-bond acceptors (Lipinski definition) is 2. The summed E-state index contributed by atoms with van der Waals surface area (Å²) in [6.07, 6.45) is -5.38. The van der Waals surface area contributed by atoms with E-state index in [-0.39, 0.29) is 6.42 Å². The first-order chi connectivity index (χ1) is 6.77. The van der Waals surface area contributed by atoms with E-state index in [0.717, 1.165) is 0 Å². The predicted octanol–water partition coefficient (Wildman–Crippen LogP) is 3.01. The summed E-state index contributed by atoms with van der Waals surface area (Å²) in [7, 11) is 0.598. The van der Waals surface area contributed by atoms with Crippen LogP contribution in [-0.4, -0.2) is 24.9 Å². The third-order valence-electron chi connectivity index (χ3n) is 1.98. The van der Waals surface area contributed by atoms with Gasteiger partial charge in [-0.25, -0.2) is 4.39 Å². The van der Waals surface area contributed by atoms with Gasteiger partial charge in [-0.2, -0.15) is 13.2 Å². The molecule has 0 aromatic carbocycles. The Bertz CT molecular complexity index is 215. The zero-order valence-corrected chi connectivity index (χ0v) is 8.66. The lowest BCUT2D eigenvalue weighted by Gasteiger charge is -2.25. The second kappa shape index (κ2) is 5.44. The number of carbonyl (C=O) groups excluding carboxylic acids is 1. The van der Waals surface area contributed by atoms with E-state index < -0.39 is 24.2 Å². The summed E-state index contributed by atoms with van der Waals surface area (Å²) < 4.78 is 53.3. The topological polar surface area (TPSA) is 26.3 Å². The van der Waals surface area contributed by atoms with Gasteiger partial charge < -0.3 is 4.74 Å². The van der Waals surface area contributed by atoms with E-state index in [9.17, 15) is 22.4 Å². The molecule has 0 rings (SSSR count). The van der Waals surface area contributed by atoms with Crippen molar-refractivity contribution in [2.75, 3.05) is 7.11 Å². The van der Waals surface area contributed by atoms with Gasteiger partial charge in [-0.1, -0.05) is 13.3 Å². The van der Waals surface area contributed by atoms with Crippen molar-refractivity contribution >= 4 is 5.78 Å². The molecule has 1 atom stereocenters. The number of methoxy groups -OCH3 is 1. The molecule has 0 heterocycles. The van der Waals surface area contributed by atoms with Crippen LogP contribution in [0.25, 0.3) is 0 Å². The highest BCUT2D eigenvalue weighted by Crippen LogP contribution is 2.37. The molecule has 6 heteroatoms. The lowest BCUT2D eigenvalue weighted by Crippen LogP contribution is -2.44. The van der Waals surface area contributed by atoms with Crippen LogP contribution < -0.4 is 0 Å². The first-order valence-electron chi connectivity index (χ1n) is 4.59. The smallest absolute Gasteiger partial charge is 0.342 e. The quantitative estimate of drug-likeness (QED) is 0.655. The maximum atomic E-state index is 13.1. The molecular formula is C9H14F4O2. The number of hydrogen-bond donors (Lipinski definition) is 0. The summed E-state index contributed by atoms with van der Waals surface area (Å²) in [5, 5.41) is 0. The molecule has 0 aromatic rings. The molecule has 0 aromatic heterocycles. The molecule has 0 fully saturated rings. The number of carbonyl (C=O) groups is 1. The van der Waals surface area contributed by atoms with Crippen LogP contribution in [0.15, 0.2) is 0 Å². The summed E-state index contributed by atoms with van der Waals surface area (Å²) in [6, 6.07) is 0. The van der Waals surface area contributed by atoms with Gasteiger partial charge in [-0.05, 0) is 6.42 Å². The van der Waals surface area contributed by atoms with Crippen molar-refractivity contribution in [2.45, 2.75) is 44.6 Å². The van der Waals surface area contributed by atoms with Gasteiger partial charge in [0.15, 0.2) is 0 Å². The maximum Gasteiger partial charge on any atom is 0.448 e. The summed E-state index contributed by atoms with van der Waals surface area (Å²) in [6.45, 7) is 1.79. The Labute approximate surface area is 85.6 Å². The Hall–Kier alpha value is -0.650. The fraction of sp³-hybridized carbons (Fsp3) is 0.889. The Morgan fingerprint density at radius 2 is 1.80 bits per heavy atom. The van der Waals surface area contributed by atoms with E-state index in [1.165, 1.54) is 0 Å². The highest BCUT2D eigenvalue weighted by atomic mass is 19.4. The number of unbranched alkanes of at least 4 members (excludes halogenated alkanes) is 1. The van der Waals surface area contributed by atoms with Crippen molar-refractivity contribution < 1.29 is 27.1 Å². The maximum absolute atomic E-state index is 13.1. The molecule has 0 aliphatic rings. The van der Waals surface area contributed by atoms with Gasteiger partial charge in [0.25, 0.3) is 0 Å². The molecule has 0 bridgehead atoms. The number of rotatable bonds is 6. The van der Waals surface area contributed by atoms with Crippen LogP contribution in [0.2, 0.25) is 0 Å². The normalized spacial score (nSPS) is 16.1. The molecule has 0 spiro atoms. The fourth-order valence-corrected chi connectivity index (χ4v) is 1.00. The van der Waals surface area contributed by atoms with Crippen LogP contribution in [0.1, 0.15) is 32.6 Å². The summed E-state index contributed by atoms with van der Waals surface area (Å²) in [4.78, 5) is 11.0. The number of halogens is 4. The van der Waals surface area contributed by atoms with Crippen molar-refractivity contribution in [3.8, 4) is 0 Å². The largest absolute Gasteiger partial charge is 0.448 e. The third-order valence-corrected chi connectivity index (χ3v) is 1.98. The van der Waals surface area contributed by atoms with Crippen molar-refractivity contribution in [1.82, 2.24) is 0 Å². The van der Waals surface area contributed by atoms with Crippen molar-refractivity contribution in [3.05, 3.63) is 0 Å². The van der Waals surface area contributed by atoms with Gasteiger partial charge in [0.05, 0.1) is 6.42 Å². The van der Waals surface area contributed by atoms with Crippen molar-refractivity contribution in [3.63, 3.8) is 0 Å². The van der Waals surface area contributed by atoms with Crippen LogP contribution in [0.4, 0.5) is 17.6 Å². The summed E-state index contributed by atoms with van der Waals surface area (Å²) >= 11 is 0. The first kappa shape index (κ1) is 14.3. The number of ether oxygens (including phenoxy) is 1. The van der Waals surface area contributed by atoms with Crippen LogP contribution in [0.3, 0.4) is 0 Å². The predicted molar refractivity (Wildman–Crippen MR) is 46.1 cm³/mol. The average molecular weight is 230 g/mol. The SMILES string of the molecule is CCCCC(=O)CC(F)(OC)C(F)(F)F. The lowest BCUT2D eigenvalue weighted by molar-refractivity contribution is -0.323.